The van der Waals surface area contributed by atoms with Gasteiger partial charge in [0.05, 0.1) is 5.75 Å². The summed E-state index contributed by atoms with van der Waals surface area (Å²) in [4.78, 5) is 21.4. The number of aliphatic carboxylic acids is 1. The van der Waals surface area contributed by atoms with E-state index in [2.05, 4.69) is 20.8 Å². The average molecular weight is 288 g/mol. The molecule has 18 heavy (non-hydrogen) atoms. The second kappa shape index (κ2) is 6.01. The van der Waals surface area contributed by atoms with Gasteiger partial charge < -0.3 is 15.7 Å². The molecule has 0 aromatic carbocycles. The third-order valence-corrected chi connectivity index (χ3v) is 4.31. The van der Waals surface area contributed by atoms with Crippen LogP contribution >= 0.6 is 23.1 Å². The van der Waals surface area contributed by atoms with Gasteiger partial charge in [-0.25, -0.2) is 0 Å². The van der Waals surface area contributed by atoms with Crippen LogP contribution in [0.25, 0.3) is 0 Å². The van der Waals surface area contributed by atoms with Crippen molar-refractivity contribution in [2.45, 2.75) is 23.2 Å². The van der Waals surface area contributed by atoms with Gasteiger partial charge in [0, 0.05) is 19.0 Å². The third kappa shape index (κ3) is 3.84. The van der Waals surface area contributed by atoms with Crippen LogP contribution in [0.5, 0.6) is 0 Å². The minimum absolute atomic E-state index is 0.0205. The molecule has 7 nitrogen and oxygen atoms in total. The molecule has 0 spiro atoms. The minimum atomic E-state index is -0.877. The van der Waals surface area contributed by atoms with Gasteiger partial charge in [-0.1, -0.05) is 23.1 Å². The number of carboxylic acids is 1. The van der Waals surface area contributed by atoms with E-state index in [-0.39, 0.29) is 17.7 Å². The smallest absolute Gasteiger partial charge is 0.313 e. The molecular formula is C9H12N4O3S2. The summed E-state index contributed by atoms with van der Waals surface area (Å²) in [5.41, 5.74) is 0. The number of hydrogen-bond donors (Lipinski definition) is 3. The van der Waals surface area contributed by atoms with Crippen LogP contribution < -0.4 is 10.6 Å². The first-order valence-electron chi connectivity index (χ1n) is 5.35. The van der Waals surface area contributed by atoms with Crippen LogP contribution in [0, 0.1) is 0 Å². The summed E-state index contributed by atoms with van der Waals surface area (Å²) in [6.45, 7) is 0.615. The second-order valence-electron chi connectivity index (χ2n) is 3.74. The zero-order valence-corrected chi connectivity index (χ0v) is 11.0. The fourth-order valence-electron chi connectivity index (χ4n) is 1.50. The molecular weight excluding hydrogens is 276 g/mol. The van der Waals surface area contributed by atoms with E-state index in [0.29, 0.717) is 22.4 Å². The van der Waals surface area contributed by atoms with Gasteiger partial charge >= 0.3 is 5.97 Å². The van der Waals surface area contributed by atoms with Crippen LogP contribution in [0.3, 0.4) is 0 Å². The Labute approximate surface area is 111 Å². The lowest BCUT2D eigenvalue weighted by Crippen LogP contribution is -2.31. The van der Waals surface area contributed by atoms with E-state index in [0.717, 1.165) is 18.2 Å². The quantitative estimate of drug-likeness (QED) is 0.651. The van der Waals surface area contributed by atoms with E-state index >= 15 is 0 Å². The van der Waals surface area contributed by atoms with Crippen LogP contribution in [0.15, 0.2) is 4.34 Å². The van der Waals surface area contributed by atoms with E-state index < -0.39 is 5.97 Å². The standard InChI is InChI=1S/C9H12N4O3S2/c14-6-2-1-5(11-6)3-10-8-12-13-9(18-8)17-4-7(15)16/h5H,1-4H2,(H,10,12)(H,11,14)(H,15,16). The van der Waals surface area contributed by atoms with Crippen LogP contribution in [0.2, 0.25) is 0 Å². The SMILES string of the molecule is O=C(O)CSc1nnc(NCC2CCC(=O)N2)s1. The number of nitrogens with one attached hydrogen (secondary N) is 2. The number of aromatic nitrogens is 2. The molecule has 1 aromatic rings. The normalized spacial score (nSPS) is 18.7. The number of thioether (sulfide) groups is 1. The predicted molar refractivity (Wildman–Crippen MR) is 67.9 cm³/mol. The summed E-state index contributed by atoms with van der Waals surface area (Å²) < 4.78 is 0.621. The van der Waals surface area contributed by atoms with E-state index in [9.17, 15) is 9.59 Å². The van der Waals surface area contributed by atoms with Crippen molar-refractivity contribution in [2.75, 3.05) is 17.6 Å². The van der Waals surface area contributed by atoms with Gasteiger partial charge in [-0.2, -0.15) is 0 Å². The highest BCUT2D eigenvalue weighted by Gasteiger charge is 2.20. The summed E-state index contributed by atoms with van der Waals surface area (Å²) in [6.07, 6.45) is 1.40. The molecule has 1 saturated heterocycles. The fraction of sp³-hybridized carbons (Fsp3) is 0.556. The fourth-order valence-corrected chi connectivity index (χ4v) is 2.98. The van der Waals surface area contributed by atoms with Gasteiger partial charge in [-0.05, 0) is 6.42 Å². The van der Waals surface area contributed by atoms with Crippen molar-refractivity contribution in [2.24, 2.45) is 0 Å². The molecule has 1 aliphatic rings. The Kier molecular flexibility index (Phi) is 4.37. The minimum Gasteiger partial charge on any atom is -0.481 e. The first-order chi connectivity index (χ1) is 8.63. The maximum atomic E-state index is 11.0. The zero-order valence-electron chi connectivity index (χ0n) is 9.38. The van der Waals surface area contributed by atoms with Crippen molar-refractivity contribution in [3.63, 3.8) is 0 Å². The maximum absolute atomic E-state index is 11.0. The molecule has 1 aliphatic heterocycles. The molecule has 1 atom stereocenters. The largest absolute Gasteiger partial charge is 0.481 e. The number of nitrogens with zero attached hydrogens (tertiary/aromatic N) is 2. The second-order valence-corrected chi connectivity index (χ2v) is 5.94. The molecule has 0 radical (unpaired) electrons. The highest BCUT2D eigenvalue weighted by molar-refractivity contribution is 8.01. The van der Waals surface area contributed by atoms with Crippen molar-refractivity contribution < 1.29 is 14.7 Å². The Morgan fingerprint density at radius 1 is 1.61 bits per heavy atom. The lowest BCUT2D eigenvalue weighted by atomic mass is 10.2. The van der Waals surface area contributed by atoms with Crippen molar-refractivity contribution >= 4 is 40.1 Å². The number of carboxylic acid groups (broad SMARTS) is 1. The molecule has 2 rings (SSSR count). The lowest BCUT2D eigenvalue weighted by Gasteiger charge is -2.09. The average Bonchev–Trinajstić information content (AvgIpc) is 2.93. The first-order valence-corrected chi connectivity index (χ1v) is 7.15. The van der Waals surface area contributed by atoms with Gasteiger partial charge in [0.2, 0.25) is 11.0 Å². The third-order valence-electron chi connectivity index (χ3n) is 2.31. The van der Waals surface area contributed by atoms with Crippen molar-refractivity contribution in [1.29, 1.82) is 0 Å². The number of anilines is 1. The van der Waals surface area contributed by atoms with Gasteiger partial charge in [0.1, 0.15) is 0 Å². The Balaban J connectivity index is 1.76. The molecule has 98 valence electrons. The zero-order chi connectivity index (χ0) is 13.0. The molecule has 1 amide bonds. The van der Waals surface area contributed by atoms with Crippen molar-refractivity contribution in [3.05, 3.63) is 0 Å². The highest BCUT2D eigenvalue weighted by atomic mass is 32.2. The number of amides is 1. The summed E-state index contributed by atoms with van der Waals surface area (Å²) >= 11 is 2.46. The molecule has 1 unspecified atom stereocenters. The van der Waals surface area contributed by atoms with Crippen LogP contribution in [0.4, 0.5) is 5.13 Å². The summed E-state index contributed by atoms with van der Waals surface area (Å²) in [5.74, 6) is -0.817. The van der Waals surface area contributed by atoms with Gasteiger partial charge in [-0.3, -0.25) is 9.59 Å². The summed E-state index contributed by atoms with van der Waals surface area (Å²) in [5, 5.41) is 22.9. The molecule has 1 aromatic heterocycles. The number of carbonyl (C=O) groups is 2. The molecule has 9 heteroatoms. The summed E-state index contributed by atoms with van der Waals surface area (Å²) in [7, 11) is 0. The Morgan fingerprint density at radius 3 is 3.11 bits per heavy atom. The first kappa shape index (κ1) is 13.1. The van der Waals surface area contributed by atoms with Gasteiger partial charge in [-0.15, -0.1) is 10.2 Å². The lowest BCUT2D eigenvalue weighted by molar-refractivity contribution is -0.133. The molecule has 0 aliphatic carbocycles. The van der Waals surface area contributed by atoms with E-state index in [1.54, 1.807) is 0 Å². The van der Waals surface area contributed by atoms with Gasteiger partial charge in [0.25, 0.3) is 0 Å². The topological polar surface area (TPSA) is 104 Å². The predicted octanol–water partition coefficient (Wildman–Crippen LogP) is 0.405. The number of rotatable bonds is 6. The van der Waals surface area contributed by atoms with E-state index in [1.807, 2.05) is 0 Å². The van der Waals surface area contributed by atoms with Crippen LogP contribution in [-0.2, 0) is 9.59 Å². The Hall–Kier alpha value is -1.35. The molecule has 3 N–H and O–H groups in total. The van der Waals surface area contributed by atoms with E-state index in [4.69, 9.17) is 5.11 Å². The van der Waals surface area contributed by atoms with Crippen LogP contribution in [-0.4, -0.2) is 45.5 Å². The Bertz CT molecular complexity index is 451. The molecule has 0 bridgehead atoms. The van der Waals surface area contributed by atoms with Gasteiger partial charge in [0.15, 0.2) is 4.34 Å². The van der Waals surface area contributed by atoms with Crippen LogP contribution in [0.1, 0.15) is 12.8 Å². The Morgan fingerprint density at radius 2 is 2.44 bits per heavy atom. The highest BCUT2D eigenvalue weighted by Crippen LogP contribution is 2.25. The number of hydrogen-bond acceptors (Lipinski definition) is 7. The molecule has 2 heterocycles. The van der Waals surface area contributed by atoms with Crippen molar-refractivity contribution in [3.8, 4) is 0 Å². The summed E-state index contributed by atoms with van der Waals surface area (Å²) in [6, 6.07) is 0.136. The molecule has 1 fully saturated rings. The number of carbonyl (C=O) groups excluding carboxylic acids is 1. The van der Waals surface area contributed by atoms with E-state index in [1.165, 1.54) is 11.3 Å². The molecule has 0 saturated carbocycles. The monoisotopic (exact) mass is 288 g/mol. The van der Waals surface area contributed by atoms with Crippen molar-refractivity contribution in [1.82, 2.24) is 15.5 Å². The maximum Gasteiger partial charge on any atom is 0.313 e.